The Labute approximate surface area is 79.9 Å². The first-order chi connectivity index (χ1) is 6.75. The van der Waals surface area contributed by atoms with E-state index in [-0.39, 0.29) is 12.3 Å². The Morgan fingerprint density at radius 3 is 2.57 bits per heavy atom. The minimum atomic E-state index is -0.416. The van der Waals surface area contributed by atoms with Crippen LogP contribution in [-0.2, 0) is 9.59 Å². The van der Waals surface area contributed by atoms with Gasteiger partial charge >= 0.3 is 0 Å². The molecule has 5 nitrogen and oxygen atoms in total. The number of nitrogens with zero attached hydrogens (tertiary/aromatic N) is 2. The fourth-order valence-electron chi connectivity index (χ4n) is 1.15. The van der Waals surface area contributed by atoms with Crippen LogP contribution in [-0.4, -0.2) is 22.6 Å². The molecule has 2 heterocycles. The molecule has 2 amide bonds. The topological polar surface area (TPSA) is 71.4 Å². The van der Waals surface area contributed by atoms with Gasteiger partial charge in [-0.2, -0.15) is 4.99 Å². The summed E-state index contributed by atoms with van der Waals surface area (Å²) in [5.74, 6) is -0.439. The zero-order valence-corrected chi connectivity index (χ0v) is 7.23. The van der Waals surface area contributed by atoms with Gasteiger partial charge < -0.3 is 5.32 Å². The van der Waals surface area contributed by atoms with Gasteiger partial charge in [0.2, 0.25) is 5.91 Å². The zero-order chi connectivity index (χ0) is 9.97. The van der Waals surface area contributed by atoms with E-state index >= 15 is 0 Å². The molecule has 0 bridgehead atoms. The Morgan fingerprint density at radius 1 is 1.21 bits per heavy atom. The molecule has 14 heavy (non-hydrogen) atoms. The normalized spacial score (nSPS) is 16.1. The summed E-state index contributed by atoms with van der Waals surface area (Å²) in [6.07, 6.45) is 2.97. The van der Waals surface area contributed by atoms with Crippen LogP contribution in [0.2, 0.25) is 0 Å². The average molecular weight is 189 g/mol. The molecule has 2 rings (SSSR count). The molecule has 0 saturated heterocycles. The molecule has 1 N–H and O–H groups in total. The van der Waals surface area contributed by atoms with Crippen molar-refractivity contribution in [2.45, 2.75) is 6.42 Å². The molecule has 0 fully saturated rings. The molecule has 5 heteroatoms. The van der Waals surface area contributed by atoms with Crippen LogP contribution in [0, 0.1) is 0 Å². The third kappa shape index (κ3) is 1.66. The van der Waals surface area contributed by atoms with Gasteiger partial charge in [-0.15, -0.1) is 0 Å². The van der Waals surface area contributed by atoms with Gasteiger partial charge in [-0.25, -0.2) is 0 Å². The first-order valence-electron chi connectivity index (χ1n) is 4.07. The van der Waals surface area contributed by atoms with Gasteiger partial charge in [-0.1, -0.05) is 0 Å². The largest absolute Gasteiger partial charge is 0.310 e. The number of aliphatic imine (C=N–C) groups is 1. The van der Waals surface area contributed by atoms with E-state index in [1.54, 1.807) is 24.5 Å². The number of carbonyl (C=O) groups excluding carboxylic acids is 2. The van der Waals surface area contributed by atoms with Crippen molar-refractivity contribution < 1.29 is 9.59 Å². The Balaban J connectivity index is 2.35. The van der Waals surface area contributed by atoms with Crippen molar-refractivity contribution in [3.05, 3.63) is 30.1 Å². The second kappa shape index (κ2) is 3.37. The zero-order valence-electron chi connectivity index (χ0n) is 7.23. The second-order valence-electron chi connectivity index (χ2n) is 2.81. The quantitative estimate of drug-likeness (QED) is 0.626. The summed E-state index contributed by atoms with van der Waals surface area (Å²) in [5.41, 5.74) is 0.682. The number of hydrogen-bond donors (Lipinski definition) is 1. The highest BCUT2D eigenvalue weighted by atomic mass is 16.2. The lowest BCUT2D eigenvalue weighted by Crippen LogP contribution is -2.37. The Morgan fingerprint density at radius 2 is 1.93 bits per heavy atom. The van der Waals surface area contributed by atoms with E-state index in [2.05, 4.69) is 15.3 Å². The molecule has 70 valence electrons. The van der Waals surface area contributed by atoms with Crippen molar-refractivity contribution in [2.75, 3.05) is 0 Å². The minimum absolute atomic E-state index is 0.172. The molecule has 0 atom stereocenters. The molecular formula is C9H7N3O2. The highest BCUT2D eigenvalue weighted by Crippen LogP contribution is 2.03. The number of aromatic nitrogens is 1. The van der Waals surface area contributed by atoms with Crippen molar-refractivity contribution in [2.24, 2.45) is 4.99 Å². The first-order valence-corrected chi connectivity index (χ1v) is 4.07. The number of nitrogens with one attached hydrogen (secondary N) is 1. The lowest BCUT2D eigenvalue weighted by atomic mass is 10.2. The van der Waals surface area contributed by atoms with E-state index in [4.69, 9.17) is 0 Å². The summed E-state index contributed by atoms with van der Waals surface area (Å²) in [7, 11) is 0. The van der Waals surface area contributed by atoms with E-state index in [0.29, 0.717) is 11.4 Å². The first kappa shape index (κ1) is 8.55. The molecular weight excluding hydrogens is 182 g/mol. The predicted molar refractivity (Wildman–Crippen MR) is 48.5 cm³/mol. The number of amidine groups is 1. The van der Waals surface area contributed by atoms with E-state index in [1.807, 2.05) is 0 Å². The maximum Gasteiger partial charge on any atom is 0.257 e. The third-order valence-electron chi connectivity index (χ3n) is 1.76. The number of hydrogen-bond acceptors (Lipinski definition) is 3. The van der Waals surface area contributed by atoms with Crippen molar-refractivity contribution in [3.63, 3.8) is 0 Å². The summed E-state index contributed by atoms with van der Waals surface area (Å²) >= 11 is 0. The Bertz CT molecular complexity index is 411. The van der Waals surface area contributed by atoms with Crippen LogP contribution in [0.3, 0.4) is 0 Å². The summed E-state index contributed by atoms with van der Waals surface area (Å²) in [6, 6.07) is 3.36. The van der Waals surface area contributed by atoms with Crippen LogP contribution in [0.25, 0.3) is 0 Å². The average Bonchev–Trinajstić information content (AvgIpc) is 2.18. The maximum atomic E-state index is 11.0. The van der Waals surface area contributed by atoms with E-state index in [9.17, 15) is 9.59 Å². The van der Waals surface area contributed by atoms with Crippen LogP contribution < -0.4 is 5.32 Å². The third-order valence-corrected chi connectivity index (χ3v) is 1.76. The summed E-state index contributed by atoms with van der Waals surface area (Å²) in [4.78, 5) is 29.6. The van der Waals surface area contributed by atoms with E-state index < -0.39 is 5.91 Å². The van der Waals surface area contributed by atoms with Crippen LogP contribution in [0.1, 0.15) is 12.0 Å². The van der Waals surface area contributed by atoms with Gasteiger partial charge in [0.05, 0.1) is 0 Å². The lowest BCUT2D eigenvalue weighted by Gasteiger charge is -2.11. The number of pyridine rings is 1. The van der Waals surface area contributed by atoms with Gasteiger partial charge in [-0.3, -0.25) is 14.6 Å². The van der Waals surface area contributed by atoms with Gasteiger partial charge in [0, 0.05) is 18.0 Å². The summed E-state index contributed by atoms with van der Waals surface area (Å²) in [5, 5.41) is 2.53. The SMILES string of the molecule is O=C1CC(=O)NC(c2ccncc2)=N1. The summed E-state index contributed by atoms with van der Waals surface area (Å²) in [6.45, 7) is 0. The predicted octanol–water partition coefficient (Wildman–Crippen LogP) is -0.125. The van der Waals surface area contributed by atoms with Crippen molar-refractivity contribution in [3.8, 4) is 0 Å². The van der Waals surface area contributed by atoms with Gasteiger partial charge in [0.1, 0.15) is 12.3 Å². The van der Waals surface area contributed by atoms with Crippen LogP contribution in [0.5, 0.6) is 0 Å². The smallest absolute Gasteiger partial charge is 0.257 e. The van der Waals surface area contributed by atoms with Gasteiger partial charge in [0.15, 0.2) is 0 Å². The standard InChI is InChI=1S/C9H7N3O2/c13-7-5-8(14)12-9(11-7)6-1-3-10-4-2-6/h1-4H,5H2,(H,11,12,13,14). The monoisotopic (exact) mass is 189 g/mol. The van der Waals surface area contributed by atoms with Crippen molar-refractivity contribution in [1.82, 2.24) is 10.3 Å². The van der Waals surface area contributed by atoms with Gasteiger partial charge in [0.25, 0.3) is 5.91 Å². The molecule has 1 aliphatic rings. The molecule has 0 saturated carbocycles. The molecule has 0 spiro atoms. The summed E-state index contributed by atoms with van der Waals surface area (Å²) < 4.78 is 0. The van der Waals surface area contributed by atoms with Crippen LogP contribution in [0.4, 0.5) is 0 Å². The number of amides is 2. The second-order valence-corrected chi connectivity index (χ2v) is 2.81. The van der Waals surface area contributed by atoms with E-state index in [0.717, 1.165) is 0 Å². The van der Waals surface area contributed by atoms with Gasteiger partial charge in [-0.05, 0) is 12.1 Å². The number of rotatable bonds is 1. The molecule has 1 aliphatic heterocycles. The Kier molecular flexibility index (Phi) is 2.06. The number of carbonyl (C=O) groups is 2. The van der Waals surface area contributed by atoms with Crippen molar-refractivity contribution >= 4 is 17.6 Å². The molecule has 0 aliphatic carbocycles. The fraction of sp³-hybridized carbons (Fsp3) is 0.111. The maximum absolute atomic E-state index is 11.0. The van der Waals surface area contributed by atoms with Crippen molar-refractivity contribution in [1.29, 1.82) is 0 Å². The molecule has 0 aromatic carbocycles. The molecule has 1 aromatic rings. The lowest BCUT2D eigenvalue weighted by molar-refractivity contribution is -0.127. The van der Waals surface area contributed by atoms with E-state index in [1.165, 1.54) is 0 Å². The van der Waals surface area contributed by atoms with Crippen LogP contribution >= 0.6 is 0 Å². The fourth-order valence-corrected chi connectivity index (χ4v) is 1.15. The minimum Gasteiger partial charge on any atom is -0.310 e. The molecule has 0 radical (unpaired) electrons. The van der Waals surface area contributed by atoms with Crippen LogP contribution in [0.15, 0.2) is 29.5 Å². The highest BCUT2D eigenvalue weighted by Gasteiger charge is 2.18. The Hall–Kier alpha value is -2.04. The molecule has 0 unspecified atom stereocenters. The highest BCUT2D eigenvalue weighted by molar-refractivity contribution is 6.19. The molecule has 1 aromatic heterocycles.